The second kappa shape index (κ2) is 5.10. The minimum atomic E-state index is -1.71. The standard InChI is InChI=1S/C10H10N6O8/c17-1-11-7-5(15(21)22)10-13(3-19)8(11)6(16(23)24)9(12(7)2-18)14(10)4-20/h1-10H. The molecule has 4 fully saturated rings. The van der Waals surface area contributed by atoms with E-state index in [-0.39, 0.29) is 25.6 Å². The van der Waals surface area contributed by atoms with Crippen molar-refractivity contribution in [2.45, 2.75) is 36.7 Å². The van der Waals surface area contributed by atoms with Crippen LogP contribution in [0.1, 0.15) is 0 Å². The number of hydrogen-bond acceptors (Lipinski definition) is 8. The summed E-state index contributed by atoms with van der Waals surface area (Å²) in [4.78, 5) is 69.8. The minimum absolute atomic E-state index is 0.123. The first-order valence-corrected chi connectivity index (χ1v) is 6.62. The minimum Gasteiger partial charge on any atom is -0.290 e. The zero-order chi connectivity index (χ0) is 17.8. The van der Waals surface area contributed by atoms with Crippen molar-refractivity contribution in [1.29, 1.82) is 0 Å². The molecule has 4 rings (SSSR count). The average molecular weight is 342 g/mol. The number of nitrogens with zero attached hydrogens (tertiary/aromatic N) is 6. The Morgan fingerprint density at radius 2 is 0.792 bits per heavy atom. The Labute approximate surface area is 132 Å². The molecule has 0 atom stereocenters. The van der Waals surface area contributed by atoms with Gasteiger partial charge in [0.15, 0.2) is 24.7 Å². The van der Waals surface area contributed by atoms with E-state index in [4.69, 9.17) is 0 Å². The highest BCUT2D eigenvalue weighted by atomic mass is 16.6. The van der Waals surface area contributed by atoms with Crippen LogP contribution in [0.3, 0.4) is 0 Å². The first-order valence-electron chi connectivity index (χ1n) is 6.62. The van der Waals surface area contributed by atoms with Crippen molar-refractivity contribution >= 4 is 25.6 Å². The van der Waals surface area contributed by atoms with Gasteiger partial charge in [0, 0.05) is 9.85 Å². The lowest BCUT2D eigenvalue weighted by molar-refractivity contribution is -0.605. The van der Waals surface area contributed by atoms with Crippen LogP contribution >= 0.6 is 0 Å². The topological polar surface area (TPSA) is 168 Å². The van der Waals surface area contributed by atoms with Gasteiger partial charge < -0.3 is 0 Å². The number of carbonyl (C=O) groups is 4. The van der Waals surface area contributed by atoms with Gasteiger partial charge in [0.25, 0.3) is 12.1 Å². The van der Waals surface area contributed by atoms with E-state index in [9.17, 15) is 39.4 Å². The van der Waals surface area contributed by atoms with E-state index in [2.05, 4.69) is 0 Å². The molecule has 4 aliphatic rings. The van der Waals surface area contributed by atoms with Crippen molar-refractivity contribution in [2.24, 2.45) is 0 Å². The van der Waals surface area contributed by atoms with Gasteiger partial charge in [-0.25, -0.2) is 0 Å². The third kappa shape index (κ3) is 1.59. The summed E-state index contributed by atoms with van der Waals surface area (Å²) >= 11 is 0. The average Bonchev–Trinajstić information content (AvgIpc) is 2.54. The zero-order valence-electron chi connectivity index (χ0n) is 11.7. The number of nitro groups is 2. The summed E-state index contributed by atoms with van der Waals surface area (Å²) in [6.45, 7) is 0. The fourth-order valence-electron chi connectivity index (χ4n) is 3.89. The van der Waals surface area contributed by atoms with E-state index in [1.807, 2.05) is 0 Å². The Morgan fingerprint density at radius 3 is 0.917 bits per heavy atom. The third-order valence-corrected chi connectivity index (χ3v) is 4.64. The van der Waals surface area contributed by atoms with Crippen LogP contribution in [0.4, 0.5) is 0 Å². The number of amides is 4. The summed E-state index contributed by atoms with van der Waals surface area (Å²) in [7, 11) is 0. The maximum absolute atomic E-state index is 11.5. The monoisotopic (exact) mass is 342 g/mol. The Bertz CT molecular complexity index is 533. The molecular weight excluding hydrogens is 332 g/mol. The van der Waals surface area contributed by atoms with Gasteiger partial charge >= 0.3 is 0 Å². The molecule has 0 aromatic carbocycles. The van der Waals surface area contributed by atoms with Crippen LogP contribution in [0.15, 0.2) is 0 Å². The molecule has 0 saturated carbocycles. The zero-order valence-corrected chi connectivity index (χ0v) is 11.7. The van der Waals surface area contributed by atoms with Gasteiger partial charge in [-0.15, -0.1) is 0 Å². The highest BCUT2D eigenvalue weighted by Gasteiger charge is 2.74. The van der Waals surface area contributed by atoms with Crippen molar-refractivity contribution in [3.8, 4) is 0 Å². The van der Waals surface area contributed by atoms with Gasteiger partial charge in [-0.1, -0.05) is 0 Å². The smallest absolute Gasteiger partial charge is 0.290 e. The van der Waals surface area contributed by atoms with Crippen molar-refractivity contribution in [2.75, 3.05) is 0 Å². The Hall–Kier alpha value is -3.32. The quantitative estimate of drug-likeness (QED) is 0.271. The first-order chi connectivity index (χ1) is 11.4. The summed E-state index contributed by atoms with van der Waals surface area (Å²) in [6.07, 6.45) is -5.23. The summed E-state index contributed by atoms with van der Waals surface area (Å²) in [5.74, 6) is 0. The van der Waals surface area contributed by atoms with Crippen molar-refractivity contribution < 1.29 is 29.0 Å². The summed E-state index contributed by atoms with van der Waals surface area (Å²) in [6, 6.07) is -3.42. The molecule has 4 aliphatic heterocycles. The summed E-state index contributed by atoms with van der Waals surface area (Å²) in [5, 5.41) is 22.9. The van der Waals surface area contributed by atoms with E-state index in [1.54, 1.807) is 0 Å². The molecule has 0 aromatic heterocycles. The molecule has 4 saturated heterocycles. The van der Waals surface area contributed by atoms with Crippen LogP contribution in [-0.4, -0.2) is 91.8 Å². The van der Waals surface area contributed by atoms with Crippen molar-refractivity contribution in [3.05, 3.63) is 20.2 Å². The summed E-state index contributed by atoms with van der Waals surface area (Å²) in [5.41, 5.74) is 0. The van der Waals surface area contributed by atoms with Crippen LogP contribution in [0, 0.1) is 20.2 Å². The Morgan fingerprint density at radius 1 is 0.583 bits per heavy atom. The highest BCUT2D eigenvalue weighted by Crippen LogP contribution is 2.44. The van der Waals surface area contributed by atoms with Crippen LogP contribution in [-0.2, 0) is 19.2 Å². The van der Waals surface area contributed by atoms with Gasteiger partial charge in [-0.05, 0) is 0 Å². The molecule has 0 unspecified atom stereocenters. The Balaban J connectivity index is 2.26. The second-order valence-electron chi connectivity index (χ2n) is 5.42. The first kappa shape index (κ1) is 15.6. The molecule has 4 heterocycles. The van der Waals surface area contributed by atoms with Crippen molar-refractivity contribution in [1.82, 2.24) is 19.6 Å². The SMILES string of the molecule is O=CN1C2C([N+](=O)[O-])C3N(C=O)C1C([N+](=O)[O-])C(N2C=O)N3C=O. The van der Waals surface area contributed by atoms with E-state index in [0.717, 1.165) is 0 Å². The lowest BCUT2D eigenvalue weighted by Gasteiger charge is -2.65. The third-order valence-electron chi connectivity index (χ3n) is 4.64. The predicted molar refractivity (Wildman–Crippen MR) is 68.3 cm³/mol. The van der Waals surface area contributed by atoms with E-state index >= 15 is 0 Å². The summed E-state index contributed by atoms with van der Waals surface area (Å²) < 4.78 is 0. The molecule has 0 spiro atoms. The number of hydrogen-bond donors (Lipinski definition) is 0. The molecule has 128 valence electrons. The van der Waals surface area contributed by atoms with Crippen LogP contribution in [0.25, 0.3) is 0 Å². The molecule has 0 N–H and O–H groups in total. The normalized spacial score (nSPS) is 36.5. The van der Waals surface area contributed by atoms with E-state index in [1.165, 1.54) is 0 Å². The fourth-order valence-corrected chi connectivity index (χ4v) is 3.89. The van der Waals surface area contributed by atoms with Crippen LogP contribution in [0.2, 0.25) is 0 Å². The molecule has 24 heavy (non-hydrogen) atoms. The van der Waals surface area contributed by atoms with Gasteiger partial charge in [0.1, 0.15) is 0 Å². The van der Waals surface area contributed by atoms with Crippen LogP contribution < -0.4 is 0 Å². The van der Waals surface area contributed by atoms with E-state index < -0.39 is 46.6 Å². The van der Waals surface area contributed by atoms with Crippen LogP contribution in [0.5, 0.6) is 0 Å². The molecule has 4 amide bonds. The molecular formula is C10H10N6O8. The van der Waals surface area contributed by atoms with Gasteiger partial charge in [0.05, 0.1) is 0 Å². The lowest BCUT2D eigenvalue weighted by Crippen LogP contribution is -2.92. The predicted octanol–water partition coefficient (Wildman–Crippen LogP) is -3.54. The Kier molecular flexibility index (Phi) is 3.31. The molecule has 4 bridgehead atoms. The fraction of sp³-hybridized carbons (Fsp3) is 0.600. The largest absolute Gasteiger partial charge is 0.290 e. The molecule has 14 heteroatoms. The number of rotatable bonds is 6. The molecule has 0 radical (unpaired) electrons. The van der Waals surface area contributed by atoms with Gasteiger partial charge in [0.2, 0.25) is 25.6 Å². The molecule has 0 aromatic rings. The van der Waals surface area contributed by atoms with E-state index in [0.29, 0.717) is 19.6 Å². The second-order valence-corrected chi connectivity index (χ2v) is 5.42. The van der Waals surface area contributed by atoms with Crippen molar-refractivity contribution in [3.63, 3.8) is 0 Å². The highest BCUT2D eigenvalue weighted by molar-refractivity contribution is 5.63. The maximum atomic E-state index is 11.5. The van der Waals surface area contributed by atoms with Gasteiger partial charge in [-0.2, -0.15) is 0 Å². The molecule has 0 aliphatic carbocycles. The number of carbonyl (C=O) groups excluding carboxylic acids is 4. The molecule has 14 nitrogen and oxygen atoms in total. The van der Waals surface area contributed by atoms with Gasteiger partial charge in [-0.3, -0.25) is 59.0 Å². The maximum Gasteiger partial charge on any atom is 0.290 e. The lowest BCUT2D eigenvalue weighted by atomic mass is 9.86.